The van der Waals surface area contributed by atoms with Crippen molar-refractivity contribution in [3.63, 3.8) is 0 Å². The predicted molar refractivity (Wildman–Crippen MR) is 65.8 cm³/mol. The van der Waals surface area contributed by atoms with Crippen molar-refractivity contribution in [3.8, 4) is 6.07 Å². The highest BCUT2D eigenvalue weighted by atomic mass is 35.5. The molecule has 90 valence electrons. The smallest absolute Gasteiger partial charge is 0.147 e. The van der Waals surface area contributed by atoms with Crippen LogP contribution in [0, 0.1) is 17.1 Å². The Balaban J connectivity index is 2.27. The molecule has 0 spiro atoms. The highest BCUT2D eigenvalue weighted by Crippen LogP contribution is 2.27. The van der Waals surface area contributed by atoms with Crippen LogP contribution in [0.3, 0.4) is 0 Å². The molecule has 1 aromatic rings. The second kappa shape index (κ2) is 4.91. The topological polar surface area (TPSA) is 30.3 Å². The van der Waals surface area contributed by atoms with E-state index in [0.717, 1.165) is 26.2 Å². The van der Waals surface area contributed by atoms with Crippen LogP contribution in [0.4, 0.5) is 10.1 Å². The van der Waals surface area contributed by atoms with Crippen LogP contribution < -0.4 is 4.90 Å². The van der Waals surface area contributed by atoms with Crippen LogP contribution >= 0.6 is 11.6 Å². The molecule has 0 saturated carbocycles. The minimum Gasteiger partial charge on any atom is -0.367 e. The summed E-state index contributed by atoms with van der Waals surface area (Å²) in [6.45, 7) is 3.35. The molecule has 1 saturated heterocycles. The van der Waals surface area contributed by atoms with E-state index in [0.29, 0.717) is 10.7 Å². The fraction of sp³-hybridized carbons (Fsp3) is 0.417. The van der Waals surface area contributed by atoms with Crippen LogP contribution in [0.2, 0.25) is 5.02 Å². The van der Waals surface area contributed by atoms with E-state index in [4.69, 9.17) is 16.9 Å². The molecule has 1 aromatic carbocycles. The minimum absolute atomic E-state index is 0.182. The lowest BCUT2D eigenvalue weighted by Crippen LogP contribution is -2.44. The van der Waals surface area contributed by atoms with Gasteiger partial charge in [0.1, 0.15) is 11.9 Å². The highest BCUT2D eigenvalue weighted by Gasteiger charge is 2.18. The number of nitriles is 1. The third kappa shape index (κ3) is 2.51. The van der Waals surface area contributed by atoms with E-state index in [9.17, 15) is 4.39 Å². The van der Waals surface area contributed by atoms with Crippen molar-refractivity contribution < 1.29 is 4.39 Å². The zero-order chi connectivity index (χ0) is 12.4. The number of likely N-dealkylation sites (N-methyl/N-ethyl adjacent to an activating group) is 1. The Morgan fingerprint density at radius 2 is 1.94 bits per heavy atom. The van der Waals surface area contributed by atoms with Gasteiger partial charge in [-0.15, -0.1) is 0 Å². The first-order chi connectivity index (χ1) is 8.11. The molecular formula is C12H13ClFN3. The molecule has 3 nitrogen and oxygen atoms in total. The summed E-state index contributed by atoms with van der Waals surface area (Å²) in [6.07, 6.45) is 0. The number of hydrogen-bond acceptors (Lipinski definition) is 3. The van der Waals surface area contributed by atoms with Crippen molar-refractivity contribution in [2.45, 2.75) is 0 Å². The molecule has 0 unspecified atom stereocenters. The van der Waals surface area contributed by atoms with Gasteiger partial charge in [0.2, 0.25) is 0 Å². The van der Waals surface area contributed by atoms with Gasteiger partial charge < -0.3 is 9.80 Å². The molecule has 2 rings (SSSR count). The van der Waals surface area contributed by atoms with E-state index in [1.807, 2.05) is 18.0 Å². The number of halogens is 2. The molecular weight excluding hydrogens is 241 g/mol. The maximum Gasteiger partial charge on any atom is 0.147 e. The van der Waals surface area contributed by atoms with E-state index >= 15 is 0 Å². The molecule has 1 aliphatic rings. The Morgan fingerprint density at radius 1 is 1.29 bits per heavy atom. The van der Waals surface area contributed by atoms with Crippen molar-refractivity contribution in [2.24, 2.45) is 0 Å². The molecule has 1 fully saturated rings. The van der Waals surface area contributed by atoms with Gasteiger partial charge in [-0.3, -0.25) is 0 Å². The summed E-state index contributed by atoms with van der Waals surface area (Å²) in [5.74, 6) is -0.379. The molecule has 0 atom stereocenters. The van der Waals surface area contributed by atoms with Gasteiger partial charge in [-0.25, -0.2) is 4.39 Å². The Morgan fingerprint density at radius 3 is 2.53 bits per heavy atom. The predicted octanol–water partition coefficient (Wildman–Crippen LogP) is 2.10. The largest absolute Gasteiger partial charge is 0.367 e. The first-order valence-corrected chi connectivity index (χ1v) is 5.82. The number of hydrogen-bond donors (Lipinski definition) is 0. The molecule has 0 aliphatic carbocycles. The molecule has 17 heavy (non-hydrogen) atoms. The molecule has 0 aromatic heterocycles. The Bertz CT molecular complexity index is 462. The zero-order valence-corrected chi connectivity index (χ0v) is 10.3. The van der Waals surface area contributed by atoms with Crippen LogP contribution in [0.15, 0.2) is 12.1 Å². The monoisotopic (exact) mass is 253 g/mol. The summed E-state index contributed by atoms with van der Waals surface area (Å²) in [6, 6.07) is 4.62. The van der Waals surface area contributed by atoms with E-state index in [1.165, 1.54) is 6.07 Å². The molecule has 0 radical (unpaired) electrons. The second-order valence-corrected chi connectivity index (χ2v) is 4.59. The van der Waals surface area contributed by atoms with Crippen LogP contribution in [-0.2, 0) is 0 Å². The van der Waals surface area contributed by atoms with Crippen molar-refractivity contribution in [1.29, 1.82) is 5.26 Å². The normalized spacial score (nSPS) is 16.9. The summed E-state index contributed by atoms with van der Waals surface area (Å²) in [7, 11) is 2.04. The van der Waals surface area contributed by atoms with Gasteiger partial charge in [-0.1, -0.05) is 11.6 Å². The van der Waals surface area contributed by atoms with E-state index in [-0.39, 0.29) is 11.4 Å². The highest BCUT2D eigenvalue weighted by molar-refractivity contribution is 6.32. The van der Waals surface area contributed by atoms with Gasteiger partial charge in [0.15, 0.2) is 0 Å². The van der Waals surface area contributed by atoms with Crippen molar-refractivity contribution >= 4 is 17.3 Å². The maximum absolute atomic E-state index is 13.8. The van der Waals surface area contributed by atoms with E-state index in [2.05, 4.69) is 4.90 Å². The number of anilines is 1. The fourth-order valence-corrected chi connectivity index (χ4v) is 2.11. The summed E-state index contributed by atoms with van der Waals surface area (Å²) in [4.78, 5) is 4.15. The lowest BCUT2D eigenvalue weighted by Gasteiger charge is -2.34. The maximum atomic E-state index is 13.8. The van der Waals surface area contributed by atoms with Gasteiger partial charge in [0.05, 0.1) is 16.3 Å². The zero-order valence-electron chi connectivity index (χ0n) is 9.58. The summed E-state index contributed by atoms with van der Waals surface area (Å²) < 4.78 is 13.8. The molecule has 1 heterocycles. The number of nitrogens with zero attached hydrogens (tertiary/aromatic N) is 3. The fourth-order valence-electron chi connectivity index (χ4n) is 1.91. The number of benzene rings is 1. The van der Waals surface area contributed by atoms with Gasteiger partial charge in [-0.2, -0.15) is 5.26 Å². The molecule has 0 amide bonds. The first kappa shape index (κ1) is 12.2. The Hall–Kier alpha value is -1.31. The average molecular weight is 254 g/mol. The van der Waals surface area contributed by atoms with Crippen LogP contribution in [-0.4, -0.2) is 38.1 Å². The third-order valence-electron chi connectivity index (χ3n) is 3.00. The van der Waals surface area contributed by atoms with Crippen molar-refractivity contribution in [2.75, 3.05) is 38.1 Å². The molecule has 5 heteroatoms. The SMILES string of the molecule is CN1CCN(c2cc(Cl)c(C#N)cc2F)CC1. The number of rotatable bonds is 1. The van der Waals surface area contributed by atoms with E-state index in [1.54, 1.807) is 6.07 Å². The van der Waals surface area contributed by atoms with Gasteiger partial charge in [0.25, 0.3) is 0 Å². The summed E-state index contributed by atoms with van der Waals surface area (Å²) in [5, 5.41) is 9.07. The van der Waals surface area contributed by atoms with E-state index < -0.39 is 0 Å². The standard InChI is InChI=1S/C12H13ClFN3/c1-16-2-4-17(5-3-16)12-7-10(13)9(8-15)6-11(12)14/h6-7H,2-5H2,1H3. The van der Waals surface area contributed by atoms with Crippen LogP contribution in [0.25, 0.3) is 0 Å². The minimum atomic E-state index is -0.379. The molecule has 0 N–H and O–H groups in total. The third-order valence-corrected chi connectivity index (χ3v) is 3.31. The lowest BCUT2D eigenvalue weighted by molar-refractivity contribution is 0.311. The summed E-state index contributed by atoms with van der Waals surface area (Å²) in [5.41, 5.74) is 0.671. The quantitative estimate of drug-likeness (QED) is 0.768. The van der Waals surface area contributed by atoms with Crippen molar-refractivity contribution in [1.82, 2.24) is 4.90 Å². The van der Waals surface area contributed by atoms with Crippen molar-refractivity contribution in [3.05, 3.63) is 28.5 Å². The lowest BCUT2D eigenvalue weighted by atomic mass is 10.2. The first-order valence-electron chi connectivity index (χ1n) is 5.44. The molecule has 1 aliphatic heterocycles. The van der Waals surface area contributed by atoms with Gasteiger partial charge >= 0.3 is 0 Å². The van der Waals surface area contributed by atoms with Gasteiger partial charge in [0, 0.05) is 26.2 Å². The Labute approximate surface area is 105 Å². The van der Waals surface area contributed by atoms with Gasteiger partial charge in [-0.05, 0) is 19.2 Å². The number of piperazine rings is 1. The van der Waals surface area contributed by atoms with Crippen LogP contribution in [0.1, 0.15) is 5.56 Å². The Kier molecular flexibility index (Phi) is 3.51. The second-order valence-electron chi connectivity index (χ2n) is 4.19. The average Bonchev–Trinajstić information content (AvgIpc) is 2.33. The van der Waals surface area contributed by atoms with Crippen LogP contribution in [0.5, 0.6) is 0 Å². The molecule has 0 bridgehead atoms. The summed E-state index contributed by atoms with van der Waals surface area (Å²) >= 11 is 5.92.